The Bertz CT molecular complexity index is 1110. The predicted octanol–water partition coefficient (Wildman–Crippen LogP) is 4.37. The Balaban J connectivity index is 1.32. The van der Waals surface area contributed by atoms with E-state index in [0.717, 1.165) is 22.9 Å². The van der Waals surface area contributed by atoms with Crippen LogP contribution in [0.2, 0.25) is 0 Å². The lowest BCUT2D eigenvalue weighted by atomic mass is 10.1. The molecule has 0 unspecified atom stereocenters. The standard InChI is InChI=1S/C24H21N3O2S/c28-23-19-8-4-5-9-21(19)30-22-11-10-17(16-20(22)25-23)24(29)27-14-12-26(13-15-27)18-6-2-1-3-7-18/h1-11,16H,12-15H2,(H,25,28). The lowest BCUT2D eigenvalue weighted by Gasteiger charge is -2.36. The fraction of sp³-hybridized carbons (Fsp3) is 0.167. The molecule has 6 heteroatoms. The van der Waals surface area contributed by atoms with Gasteiger partial charge < -0.3 is 15.1 Å². The van der Waals surface area contributed by atoms with Gasteiger partial charge in [-0.25, -0.2) is 0 Å². The van der Waals surface area contributed by atoms with Gasteiger partial charge in [0.05, 0.1) is 11.3 Å². The Hall–Kier alpha value is -3.25. The zero-order valence-corrected chi connectivity index (χ0v) is 17.2. The molecule has 0 aromatic heterocycles. The minimum Gasteiger partial charge on any atom is -0.368 e. The third kappa shape index (κ3) is 3.55. The molecule has 3 aromatic carbocycles. The Labute approximate surface area is 179 Å². The lowest BCUT2D eigenvalue weighted by molar-refractivity contribution is 0.0746. The van der Waals surface area contributed by atoms with Crippen molar-refractivity contribution in [3.05, 3.63) is 83.9 Å². The van der Waals surface area contributed by atoms with E-state index in [1.54, 1.807) is 17.8 Å². The number of carbonyl (C=O) groups excluding carboxylic acids is 2. The summed E-state index contributed by atoms with van der Waals surface area (Å²) in [5.74, 6) is -0.135. The summed E-state index contributed by atoms with van der Waals surface area (Å²) in [6.07, 6.45) is 0. The molecular weight excluding hydrogens is 394 g/mol. The minimum absolute atomic E-state index is 0.00604. The number of rotatable bonds is 2. The molecule has 0 spiro atoms. The zero-order chi connectivity index (χ0) is 20.5. The summed E-state index contributed by atoms with van der Waals surface area (Å²) in [7, 11) is 0. The summed E-state index contributed by atoms with van der Waals surface area (Å²) in [5, 5.41) is 2.97. The number of nitrogens with zero attached hydrogens (tertiary/aromatic N) is 2. The van der Waals surface area contributed by atoms with Crippen molar-refractivity contribution >= 4 is 35.0 Å². The number of piperazine rings is 1. The first-order valence-corrected chi connectivity index (χ1v) is 10.8. The SMILES string of the molecule is O=C1Nc2cc(C(=O)N3CCN(c4ccccc4)CC3)ccc2Sc2ccccc21. The maximum atomic E-state index is 13.1. The van der Waals surface area contributed by atoms with E-state index in [0.29, 0.717) is 29.9 Å². The predicted molar refractivity (Wildman–Crippen MR) is 120 cm³/mol. The van der Waals surface area contributed by atoms with Crippen LogP contribution < -0.4 is 10.2 Å². The van der Waals surface area contributed by atoms with E-state index in [-0.39, 0.29) is 11.8 Å². The van der Waals surface area contributed by atoms with Crippen LogP contribution in [0, 0.1) is 0 Å². The van der Waals surface area contributed by atoms with Crippen LogP contribution in [0.15, 0.2) is 82.6 Å². The Kier molecular flexibility index (Phi) is 4.93. The molecule has 2 aliphatic rings. The van der Waals surface area contributed by atoms with Gasteiger partial charge in [-0.1, -0.05) is 42.1 Å². The van der Waals surface area contributed by atoms with E-state index in [1.165, 1.54) is 5.69 Å². The van der Waals surface area contributed by atoms with E-state index < -0.39 is 0 Å². The van der Waals surface area contributed by atoms with Gasteiger partial charge in [-0.05, 0) is 42.5 Å². The average Bonchev–Trinajstić information content (AvgIpc) is 2.94. The molecule has 0 radical (unpaired) electrons. The number of amides is 2. The van der Waals surface area contributed by atoms with Crippen molar-refractivity contribution in [2.24, 2.45) is 0 Å². The Morgan fingerprint density at radius 1 is 0.833 bits per heavy atom. The highest BCUT2D eigenvalue weighted by atomic mass is 32.2. The maximum Gasteiger partial charge on any atom is 0.256 e. The van der Waals surface area contributed by atoms with Gasteiger partial charge in [-0.3, -0.25) is 9.59 Å². The molecule has 1 fully saturated rings. The highest BCUT2D eigenvalue weighted by Crippen LogP contribution is 2.39. The molecule has 30 heavy (non-hydrogen) atoms. The molecule has 2 heterocycles. The minimum atomic E-state index is -0.141. The topological polar surface area (TPSA) is 52.7 Å². The van der Waals surface area contributed by atoms with Crippen molar-refractivity contribution < 1.29 is 9.59 Å². The number of hydrogen-bond donors (Lipinski definition) is 1. The normalized spacial score (nSPS) is 15.7. The quantitative estimate of drug-likeness (QED) is 0.676. The maximum absolute atomic E-state index is 13.1. The number of benzene rings is 3. The Morgan fingerprint density at radius 2 is 1.57 bits per heavy atom. The summed E-state index contributed by atoms with van der Waals surface area (Å²) in [4.78, 5) is 31.8. The second-order valence-corrected chi connectivity index (χ2v) is 8.46. The van der Waals surface area contributed by atoms with Crippen LogP contribution in [-0.2, 0) is 0 Å². The number of fused-ring (bicyclic) bond motifs is 2. The molecule has 2 amide bonds. The molecule has 5 nitrogen and oxygen atoms in total. The van der Waals surface area contributed by atoms with Gasteiger partial charge in [0.2, 0.25) is 0 Å². The molecule has 1 saturated heterocycles. The van der Waals surface area contributed by atoms with Crippen LogP contribution in [-0.4, -0.2) is 42.9 Å². The molecule has 2 aliphatic heterocycles. The van der Waals surface area contributed by atoms with Crippen LogP contribution in [0.3, 0.4) is 0 Å². The van der Waals surface area contributed by atoms with Crippen LogP contribution in [0.1, 0.15) is 20.7 Å². The van der Waals surface area contributed by atoms with Crippen LogP contribution in [0.25, 0.3) is 0 Å². The number of hydrogen-bond acceptors (Lipinski definition) is 4. The van der Waals surface area contributed by atoms with Gasteiger partial charge in [0.1, 0.15) is 0 Å². The smallest absolute Gasteiger partial charge is 0.256 e. The molecule has 1 N–H and O–H groups in total. The lowest BCUT2D eigenvalue weighted by Crippen LogP contribution is -2.48. The van der Waals surface area contributed by atoms with E-state index in [4.69, 9.17) is 0 Å². The van der Waals surface area contributed by atoms with E-state index in [2.05, 4.69) is 22.3 Å². The van der Waals surface area contributed by atoms with E-state index >= 15 is 0 Å². The van der Waals surface area contributed by atoms with Crippen molar-refractivity contribution in [3.63, 3.8) is 0 Å². The van der Waals surface area contributed by atoms with Crippen molar-refractivity contribution in [1.82, 2.24) is 4.90 Å². The van der Waals surface area contributed by atoms with Gasteiger partial charge in [0, 0.05) is 47.2 Å². The van der Waals surface area contributed by atoms with Crippen molar-refractivity contribution in [3.8, 4) is 0 Å². The summed E-state index contributed by atoms with van der Waals surface area (Å²) >= 11 is 1.55. The Morgan fingerprint density at radius 3 is 2.37 bits per heavy atom. The highest BCUT2D eigenvalue weighted by molar-refractivity contribution is 7.99. The fourth-order valence-electron chi connectivity index (χ4n) is 3.89. The number of carbonyl (C=O) groups is 2. The molecule has 0 saturated carbocycles. The first kappa shape index (κ1) is 18.8. The molecular formula is C24H21N3O2S. The average molecular weight is 416 g/mol. The van der Waals surface area contributed by atoms with Crippen molar-refractivity contribution in [2.75, 3.05) is 36.4 Å². The third-order valence-electron chi connectivity index (χ3n) is 5.51. The van der Waals surface area contributed by atoms with Crippen molar-refractivity contribution in [2.45, 2.75) is 9.79 Å². The molecule has 0 atom stereocenters. The summed E-state index contributed by atoms with van der Waals surface area (Å²) in [5.41, 5.74) is 3.14. The number of para-hydroxylation sites is 1. The monoisotopic (exact) mass is 415 g/mol. The molecule has 5 rings (SSSR count). The summed E-state index contributed by atoms with van der Waals surface area (Å²) in [6.45, 7) is 2.97. The zero-order valence-electron chi connectivity index (χ0n) is 16.4. The van der Waals surface area contributed by atoms with Gasteiger partial charge in [-0.15, -0.1) is 0 Å². The highest BCUT2D eigenvalue weighted by Gasteiger charge is 2.25. The fourth-order valence-corrected chi connectivity index (χ4v) is 4.90. The third-order valence-corrected chi connectivity index (χ3v) is 6.67. The molecule has 0 bridgehead atoms. The van der Waals surface area contributed by atoms with Gasteiger partial charge >= 0.3 is 0 Å². The second kappa shape index (κ2) is 7.88. The summed E-state index contributed by atoms with van der Waals surface area (Å²) < 4.78 is 0. The largest absolute Gasteiger partial charge is 0.368 e. The molecule has 150 valence electrons. The number of anilines is 2. The number of nitrogens with one attached hydrogen (secondary N) is 1. The first-order chi connectivity index (χ1) is 14.7. The summed E-state index contributed by atoms with van der Waals surface area (Å²) in [6, 6.07) is 23.4. The van der Waals surface area contributed by atoms with Gasteiger partial charge in [0.25, 0.3) is 11.8 Å². The molecule has 3 aromatic rings. The van der Waals surface area contributed by atoms with E-state index in [9.17, 15) is 9.59 Å². The molecule has 0 aliphatic carbocycles. The van der Waals surface area contributed by atoms with Crippen molar-refractivity contribution in [1.29, 1.82) is 0 Å². The van der Waals surface area contributed by atoms with Crippen LogP contribution >= 0.6 is 11.8 Å². The first-order valence-electron chi connectivity index (χ1n) is 10.0. The van der Waals surface area contributed by atoms with Crippen LogP contribution in [0.4, 0.5) is 11.4 Å². The van der Waals surface area contributed by atoms with E-state index in [1.807, 2.05) is 59.5 Å². The van der Waals surface area contributed by atoms with Gasteiger partial charge in [0.15, 0.2) is 0 Å². The second-order valence-electron chi connectivity index (χ2n) is 7.38. The van der Waals surface area contributed by atoms with Gasteiger partial charge in [-0.2, -0.15) is 0 Å². The van der Waals surface area contributed by atoms with Crippen LogP contribution in [0.5, 0.6) is 0 Å².